The van der Waals surface area contributed by atoms with Gasteiger partial charge >= 0.3 is 6.03 Å². The van der Waals surface area contributed by atoms with E-state index < -0.39 is 6.04 Å². The number of carbonyl (C=O) groups excluding carboxylic acids is 3. The number of carbonyl (C=O) groups is 3. The van der Waals surface area contributed by atoms with Gasteiger partial charge in [0.15, 0.2) is 0 Å². The summed E-state index contributed by atoms with van der Waals surface area (Å²) in [5.41, 5.74) is 0.868. The van der Waals surface area contributed by atoms with Crippen LogP contribution in [-0.2, 0) is 16.1 Å². The molecule has 4 amide bonds. The maximum Gasteiger partial charge on any atom is 0.317 e. The molecule has 2 atom stereocenters. The van der Waals surface area contributed by atoms with Crippen molar-refractivity contribution in [2.24, 2.45) is 0 Å². The first-order valence-corrected chi connectivity index (χ1v) is 9.64. The van der Waals surface area contributed by atoms with E-state index >= 15 is 0 Å². The summed E-state index contributed by atoms with van der Waals surface area (Å²) in [5.74, 6) is 0.251. The van der Waals surface area contributed by atoms with E-state index in [-0.39, 0.29) is 30.4 Å². The molecule has 3 heterocycles. The van der Waals surface area contributed by atoms with Crippen molar-refractivity contribution in [3.63, 3.8) is 0 Å². The molecule has 26 heavy (non-hydrogen) atoms. The molecular weight excluding hydrogens is 354 g/mol. The Labute approximate surface area is 157 Å². The number of piperazine rings is 1. The lowest BCUT2D eigenvalue weighted by atomic mass is 10.1. The van der Waals surface area contributed by atoms with Crippen molar-refractivity contribution in [3.8, 4) is 0 Å². The molecular formula is C17H25N5O3S. The lowest BCUT2D eigenvalue weighted by Crippen LogP contribution is -2.55. The van der Waals surface area contributed by atoms with Crippen molar-refractivity contribution >= 4 is 29.2 Å². The highest BCUT2D eigenvalue weighted by Crippen LogP contribution is 2.24. The van der Waals surface area contributed by atoms with E-state index in [2.05, 4.69) is 24.1 Å². The average Bonchev–Trinajstić information content (AvgIpc) is 3.20. The molecule has 0 spiro atoms. The monoisotopic (exact) mass is 379 g/mol. The number of aromatic nitrogens is 1. The van der Waals surface area contributed by atoms with E-state index in [4.69, 9.17) is 0 Å². The highest BCUT2D eigenvalue weighted by atomic mass is 32.1. The highest BCUT2D eigenvalue weighted by molar-refractivity contribution is 7.09. The van der Waals surface area contributed by atoms with Gasteiger partial charge in [0.25, 0.3) is 0 Å². The van der Waals surface area contributed by atoms with Gasteiger partial charge in [-0.15, -0.1) is 11.3 Å². The number of rotatable bonds is 4. The topological polar surface area (TPSA) is 85.9 Å². The van der Waals surface area contributed by atoms with Gasteiger partial charge in [-0.25, -0.2) is 9.78 Å². The Kier molecular flexibility index (Phi) is 5.17. The molecule has 0 bridgehead atoms. The van der Waals surface area contributed by atoms with E-state index in [9.17, 15) is 14.4 Å². The number of nitrogens with zero attached hydrogens (tertiary/aromatic N) is 4. The predicted octanol–water partition coefficient (Wildman–Crippen LogP) is 0.849. The fourth-order valence-corrected chi connectivity index (χ4v) is 4.16. The minimum atomic E-state index is -0.455. The van der Waals surface area contributed by atoms with Crippen LogP contribution in [0.1, 0.15) is 36.9 Å². The van der Waals surface area contributed by atoms with E-state index in [0.717, 1.165) is 10.7 Å². The van der Waals surface area contributed by atoms with Crippen LogP contribution in [0.5, 0.6) is 0 Å². The van der Waals surface area contributed by atoms with Gasteiger partial charge < -0.3 is 20.0 Å². The molecule has 1 aromatic heterocycles. The molecule has 0 aromatic carbocycles. The largest absolute Gasteiger partial charge is 0.335 e. The lowest BCUT2D eigenvalue weighted by Gasteiger charge is -2.33. The lowest BCUT2D eigenvalue weighted by molar-refractivity contribution is -0.152. The summed E-state index contributed by atoms with van der Waals surface area (Å²) in [7, 11) is 3.35. The third-order valence-corrected chi connectivity index (χ3v) is 5.99. The van der Waals surface area contributed by atoms with E-state index in [1.54, 1.807) is 35.2 Å². The fraction of sp³-hybridized carbons (Fsp3) is 0.647. The van der Waals surface area contributed by atoms with E-state index in [0.29, 0.717) is 25.4 Å². The molecule has 2 aliphatic heterocycles. The standard InChI is InChI=1S/C17H25N5O3S/c1-10(2)15-18-12(9-26-15)6-21(4)17(25)19-11-5-13-16(24)20(3)8-14(23)22(13)7-11/h9-11,13H,5-8H2,1-4H3,(H,19,25)/t11-,13+/m1/s1. The van der Waals surface area contributed by atoms with Crippen LogP contribution >= 0.6 is 11.3 Å². The minimum absolute atomic E-state index is 0.0570. The third kappa shape index (κ3) is 3.67. The van der Waals surface area contributed by atoms with Crippen LogP contribution in [0.3, 0.4) is 0 Å². The van der Waals surface area contributed by atoms with Gasteiger partial charge in [0.1, 0.15) is 6.04 Å². The number of hydrogen-bond donors (Lipinski definition) is 1. The number of nitrogens with one attached hydrogen (secondary N) is 1. The van der Waals surface area contributed by atoms with Crippen molar-refractivity contribution in [1.29, 1.82) is 0 Å². The molecule has 1 N–H and O–H groups in total. The molecule has 8 nitrogen and oxygen atoms in total. The fourth-order valence-electron chi connectivity index (χ4n) is 3.34. The molecule has 2 saturated heterocycles. The van der Waals surface area contributed by atoms with Gasteiger partial charge in [-0.05, 0) is 6.42 Å². The smallest absolute Gasteiger partial charge is 0.317 e. The van der Waals surface area contributed by atoms with Crippen LogP contribution in [0.4, 0.5) is 4.79 Å². The van der Waals surface area contributed by atoms with Crippen molar-refractivity contribution in [1.82, 2.24) is 25.0 Å². The molecule has 142 valence electrons. The number of amides is 4. The van der Waals surface area contributed by atoms with Crippen LogP contribution < -0.4 is 5.32 Å². The zero-order chi connectivity index (χ0) is 19.0. The first-order valence-electron chi connectivity index (χ1n) is 8.76. The number of fused-ring (bicyclic) bond motifs is 1. The van der Waals surface area contributed by atoms with Crippen LogP contribution in [0, 0.1) is 0 Å². The summed E-state index contributed by atoms with van der Waals surface area (Å²) in [6.07, 6.45) is 0.461. The SMILES string of the molecule is CC(C)c1nc(CN(C)C(=O)N[C@@H]2C[C@H]3C(=O)N(C)CC(=O)N3C2)cs1. The van der Waals surface area contributed by atoms with Gasteiger partial charge in [-0.2, -0.15) is 0 Å². The Balaban J connectivity index is 1.56. The van der Waals surface area contributed by atoms with Gasteiger partial charge in [-0.1, -0.05) is 13.8 Å². The van der Waals surface area contributed by atoms with Gasteiger partial charge in [0, 0.05) is 31.9 Å². The van der Waals surface area contributed by atoms with Crippen molar-refractivity contribution < 1.29 is 14.4 Å². The molecule has 2 fully saturated rings. The first-order chi connectivity index (χ1) is 12.3. The third-order valence-electron chi connectivity index (χ3n) is 4.79. The van der Waals surface area contributed by atoms with Crippen LogP contribution in [0.25, 0.3) is 0 Å². The van der Waals surface area contributed by atoms with Crippen molar-refractivity contribution in [3.05, 3.63) is 16.1 Å². The number of hydrogen-bond acceptors (Lipinski definition) is 5. The zero-order valence-corrected chi connectivity index (χ0v) is 16.4. The molecule has 0 aliphatic carbocycles. The summed E-state index contributed by atoms with van der Waals surface area (Å²) < 4.78 is 0. The van der Waals surface area contributed by atoms with E-state index in [1.165, 1.54) is 4.90 Å². The minimum Gasteiger partial charge on any atom is -0.335 e. The maximum absolute atomic E-state index is 12.5. The second kappa shape index (κ2) is 7.22. The summed E-state index contributed by atoms with van der Waals surface area (Å²) in [4.78, 5) is 45.9. The molecule has 3 rings (SSSR count). The highest BCUT2D eigenvalue weighted by Gasteiger charge is 2.45. The van der Waals surface area contributed by atoms with Crippen LogP contribution in [0.2, 0.25) is 0 Å². The number of thiazole rings is 1. The van der Waals surface area contributed by atoms with E-state index in [1.807, 2.05) is 5.38 Å². The predicted molar refractivity (Wildman–Crippen MR) is 97.7 cm³/mol. The molecule has 9 heteroatoms. The second-order valence-corrected chi connectivity index (χ2v) is 8.22. The Morgan fingerprint density at radius 3 is 2.85 bits per heavy atom. The van der Waals surface area contributed by atoms with Gasteiger partial charge in [-0.3, -0.25) is 9.59 Å². The quantitative estimate of drug-likeness (QED) is 0.840. The molecule has 0 radical (unpaired) electrons. The second-order valence-electron chi connectivity index (χ2n) is 7.33. The van der Waals surface area contributed by atoms with Gasteiger partial charge in [0.05, 0.1) is 29.8 Å². The average molecular weight is 379 g/mol. The number of urea groups is 1. The summed E-state index contributed by atoms with van der Waals surface area (Å²) >= 11 is 1.60. The Hall–Kier alpha value is -2.16. The van der Waals surface area contributed by atoms with Crippen molar-refractivity contribution in [2.75, 3.05) is 27.2 Å². The van der Waals surface area contributed by atoms with Crippen LogP contribution in [-0.4, -0.2) is 76.8 Å². The summed E-state index contributed by atoms with van der Waals surface area (Å²) in [6, 6.07) is -0.887. The number of likely N-dealkylation sites (N-methyl/N-ethyl adjacent to an activating group) is 1. The zero-order valence-electron chi connectivity index (χ0n) is 15.6. The molecule has 2 aliphatic rings. The van der Waals surface area contributed by atoms with Crippen LogP contribution in [0.15, 0.2) is 5.38 Å². The Morgan fingerprint density at radius 1 is 1.46 bits per heavy atom. The maximum atomic E-state index is 12.5. The molecule has 1 aromatic rings. The molecule has 0 unspecified atom stereocenters. The summed E-state index contributed by atoms with van der Waals surface area (Å²) in [6.45, 7) is 5.10. The Bertz CT molecular complexity index is 719. The Morgan fingerprint density at radius 2 is 2.19 bits per heavy atom. The summed E-state index contributed by atoms with van der Waals surface area (Å²) in [5, 5.41) is 5.97. The van der Waals surface area contributed by atoms with Gasteiger partial charge in [0.2, 0.25) is 11.8 Å². The first kappa shape index (κ1) is 18.6. The normalized spacial score (nSPS) is 22.8. The molecule has 0 saturated carbocycles. The van der Waals surface area contributed by atoms with Crippen molar-refractivity contribution in [2.45, 2.75) is 44.8 Å².